The number of pyridine rings is 1. The SMILES string of the molecule is O=C(OCN1CCCCC1=O)c1[nH]c2ccccc2c1Nc1ccncc1. The normalized spacial score (nSPS) is 14.4. The van der Waals surface area contributed by atoms with Crippen LogP contribution in [-0.4, -0.2) is 40.0 Å². The van der Waals surface area contributed by atoms with E-state index >= 15 is 0 Å². The van der Waals surface area contributed by atoms with Crippen molar-refractivity contribution in [1.82, 2.24) is 14.9 Å². The highest BCUT2D eigenvalue weighted by Crippen LogP contribution is 2.31. The van der Waals surface area contributed by atoms with Gasteiger partial charge in [0.05, 0.1) is 5.69 Å². The number of aromatic amines is 1. The van der Waals surface area contributed by atoms with Crippen molar-refractivity contribution in [2.24, 2.45) is 0 Å². The van der Waals surface area contributed by atoms with Crippen molar-refractivity contribution < 1.29 is 14.3 Å². The van der Waals surface area contributed by atoms with Gasteiger partial charge in [-0.15, -0.1) is 0 Å². The highest BCUT2D eigenvalue weighted by molar-refractivity contribution is 6.07. The van der Waals surface area contributed by atoms with E-state index in [-0.39, 0.29) is 12.6 Å². The van der Waals surface area contributed by atoms with Gasteiger partial charge in [-0.25, -0.2) is 4.79 Å². The number of likely N-dealkylation sites (tertiary alicyclic amines) is 1. The molecule has 1 amide bonds. The second-order valence-electron chi connectivity index (χ2n) is 6.46. The second-order valence-corrected chi connectivity index (χ2v) is 6.46. The fraction of sp³-hybridized carbons (Fsp3) is 0.250. The van der Waals surface area contributed by atoms with Crippen molar-refractivity contribution in [3.05, 3.63) is 54.5 Å². The zero-order valence-electron chi connectivity index (χ0n) is 14.8. The molecule has 0 bridgehead atoms. The number of benzene rings is 1. The van der Waals surface area contributed by atoms with Crippen LogP contribution in [-0.2, 0) is 9.53 Å². The zero-order valence-corrected chi connectivity index (χ0v) is 14.8. The first kappa shape index (κ1) is 17.1. The molecule has 1 saturated heterocycles. The van der Waals surface area contributed by atoms with Crippen molar-refractivity contribution >= 4 is 34.2 Å². The molecule has 1 fully saturated rings. The number of aromatic nitrogens is 2. The van der Waals surface area contributed by atoms with E-state index in [9.17, 15) is 9.59 Å². The molecule has 138 valence electrons. The smallest absolute Gasteiger partial charge is 0.358 e. The van der Waals surface area contributed by atoms with Crippen LogP contribution in [0.4, 0.5) is 11.4 Å². The van der Waals surface area contributed by atoms with Crippen molar-refractivity contribution in [3.8, 4) is 0 Å². The van der Waals surface area contributed by atoms with Crippen molar-refractivity contribution in [2.45, 2.75) is 19.3 Å². The zero-order chi connectivity index (χ0) is 18.6. The van der Waals surface area contributed by atoms with Gasteiger partial charge in [-0.2, -0.15) is 0 Å². The maximum atomic E-state index is 12.7. The summed E-state index contributed by atoms with van der Waals surface area (Å²) in [5.74, 6) is -0.470. The summed E-state index contributed by atoms with van der Waals surface area (Å²) >= 11 is 0. The van der Waals surface area contributed by atoms with Crippen LogP contribution in [0.15, 0.2) is 48.8 Å². The maximum absolute atomic E-state index is 12.7. The van der Waals surface area contributed by atoms with E-state index < -0.39 is 5.97 Å². The molecule has 2 aromatic heterocycles. The number of piperidine rings is 1. The summed E-state index contributed by atoms with van der Waals surface area (Å²) in [6.45, 7) is 0.600. The average molecular weight is 364 g/mol. The summed E-state index contributed by atoms with van der Waals surface area (Å²) in [5, 5.41) is 4.16. The minimum absolute atomic E-state index is 0.0261. The molecule has 4 rings (SSSR count). The number of carbonyl (C=O) groups excluding carboxylic acids is 2. The van der Waals surface area contributed by atoms with Gasteiger partial charge in [-0.3, -0.25) is 9.78 Å². The van der Waals surface area contributed by atoms with Crippen LogP contribution in [0.1, 0.15) is 29.8 Å². The van der Waals surface area contributed by atoms with E-state index in [1.165, 1.54) is 0 Å². The Morgan fingerprint density at radius 3 is 2.81 bits per heavy atom. The molecule has 2 N–H and O–H groups in total. The van der Waals surface area contributed by atoms with Crippen LogP contribution >= 0.6 is 0 Å². The summed E-state index contributed by atoms with van der Waals surface area (Å²) < 4.78 is 5.43. The lowest BCUT2D eigenvalue weighted by Gasteiger charge is -2.25. The number of ether oxygens (including phenoxy) is 1. The molecule has 27 heavy (non-hydrogen) atoms. The largest absolute Gasteiger partial charge is 0.439 e. The summed E-state index contributed by atoms with van der Waals surface area (Å²) in [6.07, 6.45) is 5.70. The molecule has 1 aromatic carbocycles. The molecular formula is C20H20N4O3. The number of anilines is 2. The average Bonchev–Trinajstić information content (AvgIpc) is 3.07. The first-order valence-electron chi connectivity index (χ1n) is 8.95. The molecular weight excluding hydrogens is 344 g/mol. The number of carbonyl (C=O) groups is 2. The molecule has 0 unspecified atom stereocenters. The number of fused-ring (bicyclic) bond motifs is 1. The van der Waals surface area contributed by atoms with Crippen molar-refractivity contribution in [3.63, 3.8) is 0 Å². The molecule has 0 saturated carbocycles. The van der Waals surface area contributed by atoms with E-state index in [0.29, 0.717) is 24.3 Å². The molecule has 0 radical (unpaired) electrons. The first-order valence-corrected chi connectivity index (χ1v) is 8.95. The third-order valence-electron chi connectivity index (χ3n) is 4.63. The van der Waals surface area contributed by atoms with Gasteiger partial charge in [-0.1, -0.05) is 18.2 Å². The third-order valence-corrected chi connectivity index (χ3v) is 4.63. The summed E-state index contributed by atoms with van der Waals surface area (Å²) in [7, 11) is 0. The van der Waals surface area contributed by atoms with E-state index in [1.807, 2.05) is 36.4 Å². The third kappa shape index (κ3) is 3.62. The maximum Gasteiger partial charge on any atom is 0.358 e. The Morgan fingerprint density at radius 1 is 1.19 bits per heavy atom. The number of para-hydroxylation sites is 1. The van der Waals surface area contributed by atoms with E-state index in [2.05, 4.69) is 15.3 Å². The number of amides is 1. The number of H-pyrrole nitrogens is 1. The molecule has 0 aliphatic carbocycles. The van der Waals surface area contributed by atoms with Crippen LogP contribution in [0.3, 0.4) is 0 Å². The lowest BCUT2D eigenvalue weighted by molar-refractivity contribution is -0.137. The van der Waals surface area contributed by atoms with Crippen molar-refractivity contribution in [1.29, 1.82) is 0 Å². The topological polar surface area (TPSA) is 87.3 Å². The predicted molar refractivity (Wildman–Crippen MR) is 102 cm³/mol. The monoisotopic (exact) mass is 364 g/mol. The van der Waals surface area contributed by atoms with Crippen LogP contribution in [0.25, 0.3) is 10.9 Å². The summed E-state index contributed by atoms with van der Waals surface area (Å²) in [5.41, 5.74) is 2.62. The minimum atomic E-state index is -0.499. The molecule has 0 atom stereocenters. The fourth-order valence-corrected chi connectivity index (χ4v) is 3.21. The number of rotatable bonds is 5. The number of nitrogens with one attached hydrogen (secondary N) is 2. The Balaban J connectivity index is 1.59. The molecule has 7 heteroatoms. The number of nitrogens with zero attached hydrogens (tertiary/aromatic N) is 2. The number of hydrogen-bond donors (Lipinski definition) is 2. The van der Waals surface area contributed by atoms with E-state index in [0.717, 1.165) is 29.4 Å². The molecule has 1 aliphatic heterocycles. The lowest BCUT2D eigenvalue weighted by atomic mass is 10.1. The number of esters is 1. The number of hydrogen-bond acceptors (Lipinski definition) is 5. The first-order chi connectivity index (χ1) is 13.2. The highest BCUT2D eigenvalue weighted by atomic mass is 16.5. The predicted octanol–water partition coefficient (Wildman–Crippen LogP) is 3.43. The Kier molecular flexibility index (Phi) is 4.74. The van der Waals surface area contributed by atoms with E-state index in [4.69, 9.17) is 4.74 Å². The molecule has 3 heterocycles. The van der Waals surface area contributed by atoms with Crippen LogP contribution < -0.4 is 5.32 Å². The van der Waals surface area contributed by atoms with Crippen molar-refractivity contribution in [2.75, 3.05) is 18.6 Å². The van der Waals surface area contributed by atoms with Gasteiger partial charge in [0.15, 0.2) is 6.73 Å². The van der Waals surface area contributed by atoms with Crippen LogP contribution in [0.2, 0.25) is 0 Å². The minimum Gasteiger partial charge on any atom is -0.439 e. The quantitative estimate of drug-likeness (QED) is 0.677. The van der Waals surface area contributed by atoms with Gasteiger partial charge in [0.2, 0.25) is 5.91 Å². The van der Waals surface area contributed by atoms with Gasteiger partial charge in [-0.05, 0) is 31.0 Å². The fourth-order valence-electron chi connectivity index (χ4n) is 3.21. The molecule has 7 nitrogen and oxygen atoms in total. The second kappa shape index (κ2) is 7.49. The summed E-state index contributed by atoms with van der Waals surface area (Å²) in [6, 6.07) is 11.3. The molecule has 1 aliphatic rings. The van der Waals surface area contributed by atoms with Crippen LogP contribution in [0.5, 0.6) is 0 Å². The van der Waals surface area contributed by atoms with Gasteiger partial charge in [0.25, 0.3) is 0 Å². The van der Waals surface area contributed by atoms with Crippen LogP contribution in [0, 0.1) is 0 Å². The van der Waals surface area contributed by atoms with Gasteiger partial charge in [0, 0.05) is 41.9 Å². The molecule has 3 aromatic rings. The Bertz CT molecular complexity index is 968. The van der Waals surface area contributed by atoms with E-state index in [1.54, 1.807) is 17.3 Å². The Labute approximate surface area is 156 Å². The van der Waals surface area contributed by atoms with Gasteiger partial charge in [0.1, 0.15) is 5.69 Å². The van der Waals surface area contributed by atoms with Gasteiger partial charge >= 0.3 is 5.97 Å². The Morgan fingerprint density at radius 2 is 2.00 bits per heavy atom. The highest BCUT2D eigenvalue weighted by Gasteiger charge is 2.23. The van der Waals surface area contributed by atoms with Gasteiger partial charge < -0.3 is 19.9 Å². The summed E-state index contributed by atoms with van der Waals surface area (Å²) in [4.78, 5) is 33.3. The lowest BCUT2D eigenvalue weighted by Crippen LogP contribution is -2.37. The Hall–Kier alpha value is -3.35. The standard InChI is InChI=1S/C20H20N4O3/c25-17-7-3-4-12-24(17)13-27-20(26)19-18(22-14-8-10-21-11-9-14)15-5-1-2-6-16(15)23-19/h1-2,5-6,8-11,23H,3-4,7,12-13H2,(H,21,22). The molecule has 0 spiro atoms.